The number of nitrogens with one attached hydrogen (secondary N) is 2. The van der Waals surface area contributed by atoms with Crippen molar-refractivity contribution >= 4 is 27.3 Å². The van der Waals surface area contributed by atoms with E-state index in [1.807, 2.05) is 26.0 Å². The molecule has 1 aromatic carbocycles. The van der Waals surface area contributed by atoms with E-state index in [1.54, 1.807) is 0 Å². The summed E-state index contributed by atoms with van der Waals surface area (Å²) in [5, 5.41) is 14.1. The number of hydrogen-bond acceptors (Lipinski definition) is 7. The minimum absolute atomic E-state index is 0.116. The van der Waals surface area contributed by atoms with Crippen molar-refractivity contribution in [3.05, 3.63) is 35.5 Å². The Kier molecular flexibility index (Phi) is 4.16. The monoisotopic (exact) mass is 333 g/mol. The van der Waals surface area contributed by atoms with Crippen LogP contribution in [0.15, 0.2) is 24.4 Å². The lowest BCUT2D eigenvalue weighted by Crippen LogP contribution is -2.22. The minimum atomic E-state index is -2.94. The fourth-order valence-electron chi connectivity index (χ4n) is 2.71. The Balaban J connectivity index is 1.72. The highest BCUT2D eigenvalue weighted by Gasteiger charge is 2.28. The molecule has 0 amide bonds. The molecule has 2 aromatic rings. The van der Waals surface area contributed by atoms with E-state index in [2.05, 4.69) is 31.9 Å². The van der Waals surface area contributed by atoms with E-state index in [4.69, 9.17) is 0 Å². The van der Waals surface area contributed by atoms with Gasteiger partial charge in [0.05, 0.1) is 17.7 Å². The summed E-state index contributed by atoms with van der Waals surface area (Å²) in [6.45, 7) is 4.06. The average molecular weight is 333 g/mol. The number of aryl methyl sites for hydroxylation is 2. The topological polar surface area (TPSA) is 96.9 Å². The molecular weight excluding hydrogens is 314 g/mol. The summed E-state index contributed by atoms with van der Waals surface area (Å²) in [5.41, 5.74) is 3.24. The first-order chi connectivity index (χ1) is 10.9. The van der Waals surface area contributed by atoms with Crippen LogP contribution >= 0.6 is 0 Å². The summed E-state index contributed by atoms with van der Waals surface area (Å²) in [6.07, 6.45) is 2.11. The summed E-state index contributed by atoms with van der Waals surface area (Å²) in [7, 11) is -2.94. The average Bonchev–Trinajstić information content (AvgIpc) is 2.77. The van der Waals surface area contributed by atoms with Crippen LogP contribution in [0.25, 0.3) is 0 Å². The van der Waals surface area contributed by atoms with Gasteiger partial charge in [-0.25, -0.2) is 8.42 Å². The summed E-state index contributed by atoms with van der Waals surface area (Å²) >= 11 is 0. The van der Waals surface area contributed by atoms with E-state index in [0.29, 0.717) is 18.2 Å². The second kappa shape index (κ2) is 6.11. The number of benzene rings is 1. The van der Waals surface area contributed by atoms with Crippen LogP contribution in [0.5, 0.6) is 0 Å². The third kappa shape index (κ3) is 4.16. The molecule has 0 aliphatic carbocycles. The molecule has 8 heteroatoms. The zero-order valence-electron chi connectivity index (χ0n) is 13.1. The Morgan fingerprint density at radius 2 is 1.91 bits per heavy atom. The molecule has 2 heterocycles. The summed E-state index contributed by atoms with van der Waals surface area (Å²) in [5.74, 6) is 1.22. The molecule has 0 bridgehead atoms. The molecule has 1 aliphatic rings. The number of sulfone groups is 1. The molecular formula is C15H19N5O2S. The smallest absolute Gasteiger partial charge is 0.244 e. The third-order valence-corrected chi connectivity index (χ3v) is 5.39. The van der Waals surface area contributed by atoms with Crippen LogP contribution in [0.3, 0.4) is 0 Å². The van der Waals surface area contributed by atoms with Crippen LogP contribution in [0.2, 0.25) is 0 Å². The molecule has 0 saturated carbocycles. The second-order valence-electron chi connectivity index (χ2n) is 5.91. The molecule has 1 fully saturated rings. The minimum Gasteiger partial charge on any atom is -0.349 e. The third-order valence-electron chi connectivity index (χ3n) is 3.62. The summed E-state index contributed by atoms with van der Waals surface area (Å²) in [4.78, 5) is 4.35. The van der Waals surface area contributed by atoms with E-state index < -0.39 is 9.84 Å². The second-order valence-corrected chi connectivity index (χ2v) is 8.14. The van der Waals surface area contributed by atoms with E-state index in [0.717, 1.165) is 16.8 Å². The maximum absolute atomic E-state index is 11.5. The highest BCUT2D eigenvalue weighted by Crippen LogP contribution is 2.19. The van der Waals surface area contributed by atoms with Gasteiger partial charge < -0.3 is 10.6 Å². The molecule has 7 nitrogen and oxygen atoms in total. The largest absolute Gasteiger partial charge is 0.349 e. The van der Waals surface area contributed by atoms with Crippen molar-refractivity contribution in [2.24, 2.45) is 0 Å². The van der Waals surface area contributed by atoms with Gasteiger partial charge >= 0.3 is 0 Å². The molecule has 3 rings (SSSR count). The normalized spacial score (nSPS) is 19.5. The lowest BCUT2D eigenvalue weighted by molar-refractivity contribution is 0.602. The Hall–Kier alpha value is -2.22. The molecule has 0 spiro atoms. The Morgan fingerprint density at radius 3 is 2.57 bits per heavy atom. The van der Waals surface area contributed by atoms with Gasteiger partial charge in [-0.15, -0.1) is 5.10 Å². The molecule has 2 N–H and O–H groups in total. The molecule has 0 radical (unpaired) electrons. The fraction of sp³-hybridized carbons (Fsp3) is 0.400. The Bertz CT molecular complexity index is 802. The van der Waals surface area contributed by atoms with E-state index >= 15 is 0 Å². The van der Waals surface area contributed by atoms with Crippen molar-refractivity contribution < 1.29 is 8.42 Å². The van der Waals surface area contributed by atoms with Crippen molar-refractivity contribution in [2.75, 3.05) is 22.1 Å². The van der Waals surface area contributed by atoms with E-state index in [1.165, 1.54) is 6.20 Å². The first kappa shape index (κ1) is 15.7. The maximum atomic E-state index is 11.5. The molecule has 1 aromatic heterocycles. The first-order valence-corrected chi connectivity index (χ1v) is 9.24. The number of rotatable bonds is 4. The van der Waals surface area contributed by atoms with Crippen molar-refractivity contribution in [3.63, 3.8) is 0 Å². The van der Waals surface area contributed by atoms with Crippen LogP contribution in [0, 0.1) is 13.8 Å². The SMILES string of the molecule is Cc1cc(C)cc(Nc2cnnc(NC3CCS(=O)(=O)C3)n2)c1. The lowest BCUT2D eigenvalue weighted by Gasteiger charge is -2.11. The molecule has 23 heavy (non-hydrogen) atoms. The highest BCUT2D eigenvalue weighted by atomic mass is 32.2. The lowest BCUT2D eigenvalue weighted by atomic mass is 10.1. The molecule has 1 atom stereocenters. The number of aromatic nitrogens is 3. The van der Waals surface area contributed by atoms with Gasteiger partial charge in [0.15, 0.2) is 15.7 Å². The van der Waals surface area contributed by atoms with Gasteiger partial charge in [0.25, 0.3) is 0 Å². The first-order valence-electron chi connectivity index (χ1n) is 7.42. The van der Waals surface area contributed by atoms with Crippen LogP contribution in [-0.4, -0.2) is 41.1 Å². The highest BCUT2D eigenvalue weighted by molar-refractivity contribution is 7.91. The summed E-state index contributed by atoms with van der Waals surface area (Å²) in [6, 6.07) is 5.98. The number of anilines is 3. The maximum Gasteiger partial charge on any atom is 0.244 e. The van der Waals surface area contributed by atoms with Crippen molar-refractivity contribution in [3.8, 4) is 0 Å². The van der Waals surface area contributed by atoms with Crippen LogP contribution in [0.1, 0.15) is 17.5 Å². The zero-order valence-corrected chi connectivity index (χ0v) is 13.9. The number of nitrogens with zero attached hydrogens (tertiary/aromatic N) is 3. The summed E-state index contributed by atoms with van der Waals surface area (Å²) < 4.78 is 23.0. The van der Waals surface area contributed by atoms with Gasteiger partial charge in [-0.1, -0.05) is 6.07 Å². The van der Waals surface area contributed by atoms with Crippen LogP contribution < -0.4 is 10.6 Å². The zero-order chi connectivity index (χ0) is 16.4. The van der Waals surface area contributed by atoms with Gasteiger partial charge in [0.1, 0.15) is 0 Å². The van der Waals surface area contributed by atoms with Crippen LogP contribution in [-0.2, 0) is 9.84 Å². The quantitative estimate of drug-likeness (QED) is 0.881. The Labute approximate surface area is 135 Å². The van der Waals surface area contributed by atoms with E-state index in [9.17, 15) is 8.42 Å². The molecule has 1 saturated heterocycles. The molecule has 122 valence electrons. The predicted molar refractivity (Wildman–Crippen MR) is 89.7 cm³/mol. The fourth-order valence-corrected chi connectivity index (χ4v) is 4.38. The van der Waals surface area contributed by atoms with Crippen molar-refractivity contribution in [1.29, 1.82) is 0 Å². The van der Waals surface area contributed by atoms with Crippen molar-refractivity contribution in [2.45, 2.75) is 26.3 Å². The van der Waals surface area contributed by atoms with Crippen molar-refractivity contribution in [1.82, 2.24) is 15.2 Å². The van der Waals surface area contributed by atoms with Crippen LogP contribution in [0.4, 0.5) is 17.5 Å². The van der Waals surface area contributed by atoms with Gasteiger partial charge in [0.2, 0.25) is 5.95 Å². The van der Waals surface area contributed by atoms with Gasteiger partial charge in [-0.2, -0.15) is 10.1 Å². The molecule has 1 aliphatic heterocycles. The van der Waals surface area contributed by atoms with Gasteiger partial charge in [-0.05, 0) is 43.5 Å². The predicted octanol–water partition coefficient (Wildman–Crippen LogP) is 1.83. The van der Waals surface area contributed by atoms with Gasteiger partial charge in [-0.3, -0.25) is 0 Å². The number of hydrogen-bond donors (Lipinski definition) is 2. The Morgan fingerprint density at radius 1 is 1.17 bits per heavy atom. The van der Waals surface area contributed by atoms with E-state index in [-0.39, 0.29) is 17.5 Å². The standard InChI is InChI=1S/C15H19N5O2S/c1-10-5-11(2)7-13(6-10)17-14-8-16-20-15(19-14)18-12-3-4-23(21,22)9-12/h5-8,12H,3-4,9H2,1-2H3,(H2,17,18,19,20). The van der Waals surface area contributed by atoms with Gasteiger partial charge in [0, 0.05) is 11.7 Å². The molecule has 1 unspecified atom stereocenters.